The zero-order chi connectivity index (χ0) is 9.26. The van der Waals surface area contributed by atoms with Crippen molar-refractivity contribution in [3.8, 4) is 0 Å². The topological polar surface area (TPSA) is 63.1 Å². The molecule has 2 rings (SSSR count). The van der Waals surface area contributed by atoms with E-state index in [2.05, 4.69) is 10.2 Å². The van der Waals surface area contributed by atoms with E-state index in [0.717, 1.165) is 18.5 Å². The molecule has 1 aliphatic carbocycles. The van der Waals surface area contributed by atoms with Gasteiger partial charge in [0.05, 0.1) is 5.69 Å². The summed E-state index contributed by atoms with van der Waals surface area (Å²) < 4.78 is 0. The summed E-state index contributed by atoms with van der Waals surface area (Å²) in [4.78, 5) is 10.5. The molecule has 1 saturated carbocycles. The summed E-state index contributed by atoms with van der Waals surface area (Å²) in [6.07, 6.45) is 3.55. The zero-order valence-electron chi connectivity index (χ0n) is 7.10. The van der Waals surface area contributed by atoms with Crippen LogP contribution in [0.2, 0.25) is 0 Å². The second-order valence-corrected chi connectivity index (χ2v) is 3.28. The molecule has 0 unspecified atom stereocenters. The van der Waals surface area contributed by atoms with E-state index in [0.29, 0.717) is 5.92 Å². The fourth-order valence-electron chi connectivity index (χ4n) is 1.38. The maximum Gasteiger partial charge on any atom is 0.356 e. The Balaban J connectivity index is 2.17. The molecule has 4 nitrogen and oxygen atoms in total. The van der Waals surface area contributed by atoms with Crippen molar-refractivity contribution >= 4 is 5.97 Å². The molecule has 0 bridgehead atoms. The van der Waals surface area contributed by atoms with Gasteiger partial charge in [0, 0.05) is 5.92 Å². The standard InChI is InChI=1S/C9H10N2O2/c12-9(13)8-5-4-7(10-11-8)6-2-1-3-6/h4-6H,1-3H2,(H,12,13). The number of carbonyl (C=O) groups is 1. The summed E-state index contributed by atoms with van der Waals surface area (Å²) in [5, 5.41) is 16.1. The second-order valence-electron chi connectivity index (χ2n) is 3.28. The van der Waals surface area contributed by atoms with Gasteiger partial charge < -0.3 is 5.11 Å². The van der Waals surface area contributed by atoms with Gasteiger partial charge in [-0.3, -0.25) is 0 Å². The molecule has 13 heavy (non-hydrogen) atoms. The molecule has 1 aliphatic rings. The predicted octanol–water partition coefficient (Wildman–Crippen LogP) is 1.44. The van der Waals surface area contributed by atoms with Gasteiger partial charge in [-0.15, -0.1) is 5.10 Å². The lowest BCUT2D eigenvalue weighted by Gasteiger charge is -2.23. The van der Waals surface area contributed by atoms with Gasteiger partial charge in [-0.2, -0.15) is 5.10 Å². The molecule has 1 aromatic rings. The molecule has 68 valence electrons. The lowest BCUT2D eigenvalue weighted by molar-refractivity contribution is 0.0689. The van der Waals surface area contributed by atoms with Gasteiger partial charge in [-0.1, -0.05) is 6.42 Å². The van der Waals surface area contributed by atoms with Crippen molar-refractivity contribution in [2.24, 2.45) is 0 Å². The highest BCUT2D eigenvalue weighted by Crippen LogP contribution is 2.34. The van der Waals surface area contributed by atoms with Gasteiger partial charge in [-0.05, 0) is 25.0 Å². The average Bonchev–Trinajstić information content (AvgIpc) is 2.02. The molecule has 0 aliphatic heterocycles. The zero-order valence-corrected chi connectivity index (χ0v) is 7.10. The molecule has 4 heteroatoms. The van der Waals surface area contributed by atoms with Crippen LogP contribution >= 0.6 is 0 Å². The minimum Gasteiger partial charge on any atom is -0.476 e. The van der Waals surface area contributed by atoms with Gasteiger partial charge in [0.2, 0.25) is 0 Å². The summed E-state index contributed by atoms with van der Waals surface area (Å²) in [7, 11) is 0. The number of rotatable bonds is 2. The Morgan fingerprint density at radius 1 is 1.38 bits per heavy atom. The molecule has 0 aromatic carbocycles. The van der Waals surface area contributed by atoms with Gasteiger partial charge in [0.25, 0.3) is 0 Å². The molecule has 1 fully saturated rings. The van der Waals surface area contributed by atoms with Crippen LogP contribution in [0, 0.1) is 0 Å². The van der Waals surface area contributed by atoms with Crippen molar-refractivity contribution in [2.45, 2.75) is 25.2 Å². The first-order valence-electron chi connectivity index (χ1n) is 4.34. The Morgan fingerprint density at radius 2 is 2.15 bits per heavy atom. The summed E-state index contributed by atoms with van der Waals surface area (Å²) in [5.41, 5.74) is 0.944. The number of hydrogen-bond acceptors (Lipinski definition) is 3. The largest absolute Gasteiger partial charge is 0.476 e. The van der Waals surface area contributed by atoms with E-state index in [4.69, 9.17) is 5.11 Å². The summed E-state index contributed by atoms with van der Waals surface area (Å²) in [6, 6.07) is 3.28. The molecule has 1 heterocycles. The van der Waals surface area contributed by atoms with Crippen LogP contribution in [-0.2, 0) is 0 Å². The molecule has 0 amide bonds. The van der Waals surface area contributed by atoms with Gasteiger partial charge >= 0.3 is 5.97 Å². The van der Waals surface area contributed by atoms with Gasteiger partial charge in [0.15, 0.2) is 5.69 Å². The third-order valence-corrected chi connectivity index (χ3v) is 2.43. The third-order valence-electron chi connectivity index (χ3n) is 2.43. The summed E-state index contributed by atoms with van der Waals surface area (Å²) in [5.74, 6) is -0.511. The minimum atomic E-state index is -1.02. The summed E-state index contributed by atoms with van der Waals surface area (Å²) in [6.45, 7) is 0. The fourth-order valence-corrected chi connectivity index (χ4v) is 1.38. The van der Waals surface area contributed by atoms with Crippen LogP contribution in [-0.4, -0.2) is 21.3 Å². The normalized spacial score (nSPS) is 16.6. The van der Waals surface area contributed by atoms with Crippen molar-refractivity contribution in [2.75, 3.05) is 0 Å². The number of carboxylic acids is 1. The summed E-state index contributed by atoms with van der Waals surface area (Å²) >= 11 is 0. The van der Waals surface area contributed by atoms with Crippen LogP contribution in [0.15, 0.2) is 12.1 Å². The Bertz CT molecular complexity index is 317. The smallest absolute Gasteiger partial charge is 0.356 e. The first kappa shape index (κ1) is 8.16. The number of aromatic carboxylic acids is 1. The Kier molecular flexibility index (Phi) is 1.96. The number of hydrogen-bond donors (Lipinski definition) is 1. The Labute approximate surface area is 75.6 Å². The third kappa shape index (κ3) is 1.52. The average molecular weight is 178 g/mol. The van der Waals surface area contributed by atoms with Crippen molar-refractivity contribution in [1.29, 1.82) is 0 Å². The van der Waals surface area contributed by atoms with E-state index in [1.165, 1.54) is 12.5 Å². The molecule has 1 N–H and O–H groups in total. The lowest BCUT2D eigenvalue weighted by atomic mass is 9.83. The Morgan fingerprint density at radius 3 is 2.54 bits per heavy atom. The number of nitrogens with zero attached hydrogens (tertiary/aromatic N) is 2. The maximum absolute atomic E-state index is 10.5. The highest BCUT2D eigenvalue weighted by atomic mass is 16.4. The molecular formula is C9H10N2O2. The SMILES string of the molecule is O=C(O)c1ccc(C2CCC2)nn1. The van der Waals surface area contributed by atoms with E-state index in [9.17, 15) is 4.79 Å². The van der Waals surface area contributed by atoms with Crippen molar-refractivity contribution in [1.82, 2.24) is 10.2 Å². The fraction of sp³-hybridized carbons (Fsp3) is 0.444. The lowest BCUT2D eigenvalue weighted by Crippen LogP contribution is -2.12. The van der Waals surface area contributed by atoms with E-state index in [-0.39, 0.29) is 5.69 Å². The van der Waals surface area contributed by atoms with Crippen molar-refractivity contribution < 1.29 is 9.90 Å². The Hall–Kier alpha value is -1.45. The molecule has 0 spiro atoms. The van der Waals surface area contributed by atoms with Crippen LogP contribution in [0.3, 0.4) is 0 Å². The van der Waals surface area contributed by atoms with Crippen LogP contribution in [0.5, 0.6) is 0 Å². The van der Waals surface area contributed by atoms with Crippen LogP contribution < -0.4 is 0 Å². The van der Waals surface area contributed by atoms with Crippen LogP contribution in [0.1, 0.15) is 41.4 Å². The van der Waals surface area contributed by atoms with Crippen LogP contribution in [0.25, 0.3) is 0 Å². The predicted molar refractivity (Wildman–Crippen MR) is 45.6 cm³/mol. The number of carboxylic acid groups (broad SMARTS) is 1. The van der Waals surface area contributed by atoms with Gasteiger partial charge in [0.1, 0.15) is 0 Å². The van der Waals surface area contributed by atoms with E-state index >= 15 is 0 Å². The van der Waals surface area contributed by atoms with E-state index in [1.807, 2.05) is 0 Å². The van der Waals surface area contributed by atoms with E-state index < -0.39 is 5.97 Å². The minimum absolute atomic E-state index is 0.0167. The molecule has 0 radical (unpaired) electrons. The molecule has 0 saturated heterocycles. The molecule has 0 atom stereocenters. The second kappa shape index (κ2) is 3.12. The first-order chi connectivity index (χ1) is 6.27. The quantitative estimate of drug-likeness (QED) is 0.744. The maximum atomic E-state index is 10.5. The van der Waals surface area contributed by atoms with Gasteiger partial charge in [-0.25, -0.2) is 4.79 Å². The van der Waals surface area contributed by atoms with Crippen molar-refractivity contribution in [3.63, 3.8) is 0 Å². The van der Waals surface area contributed by atoms with E-state index in [1.54, 1.807) is 6.07 Å². The molecular weight excluding hydrogens is 168 g/mol. The van der Waals surface area contributed by atoms with Crippen LogP contribution in [0.4, 0.5) is 0 Å². The molecule has 1 aromatic heterocycles. The first-order valence-corrected chi connectivity index (χ1v) is 4.34. The highest BCUT2D eigenvalue weighted by molar-refractivity contribution is 5.84. The highest BCUT2D eigenvalue weighted by Gasteiger charge is 2.21. The number of aromatic nitrogens is 2. The van der Waals surface area contributed by atoms with Crippen molar-refractivity contribution in [3.05, 3.63) is 23.5 Å². The monoisotopic (exact) mass is 178 g/mol.